The fourth-order valence-electron chi connectivity index (χ4n) is 2.24. The van der Waals surface area contributed by atoms with Gasteiger partial charge in [-0.15, -0.1) is 11.8 Å². The molecule has 2 atom stereocenters. The van der Waals surface area contributed by atoms with Crippen molar-refractivity contribution >= 4 is 11.8 Å². The third-order valence-electron chi connectivity index (χ3n) is 3.39. The molecule has 1 heterocycles. The fourth-order valence-corrected chi connectivity index (χ4v) is 3.30. The number of hydrogen-bond acceptors (Lipinski definition) is 4. The van der Waals surface area contributed by atoms with Gasteiger partial charge < -0.3 is 5.32 Å². The van der Waals surface area contributed by atoms with Crippen molar-refractivity contribution in [2.24, 2.45) is 0 Å². The smallest absolute Gasteiger partial charge is 0.116 e. The molecule has 2 aromatic rings. The van der Waals surface area contributed by atoms with E-state index in [2.05, 4.69) is 53.4 Å². The van der Waals surface area contributed by atoms with Gasteiger partial charge >= 0.3 is 0 Å². The summed E-state index contributed by atoms with van der Waals surface area (Å²) in [4.78, 5) is 8.24. The van der Waals surface area contributed by atoms with Crippen molar-refractivity contribution in [3.05, 3.63) is 54.0 Å². The van der Waals surface area contributed by atoms with Crippen LogP contribution in [0.3, 0.4) is 0 Å². The highest BCUT2D eigenvalue weighted by atomic mass is 32.2. The van der Waals surface area contributed by atoms with Crippen molar-refractivity contribution in [1.82, 2.24) is 15.3 Å². The predicted octanol–water partition coefficient (Wildman–Crippen LogP) is 3.48. The lowest BCUT2D eigenvalue weighted by atomic mass is 10.0. The SMILES string of the molecule is CCc1ccc(C(NC)C(C)Sc2ccncn2)cc1. The average molecular weight is 287 g/mol. The Morgan fingerprint density at radius 1 is 1.20 bits per heavy atom. The molecule has 1 N–H and O–H groups in total. The van der Waals surface area contributed by atoms with Crippen LogP contribution in [0.25, 0.3) is 0 Å². The zero-order valence-electron chi connectivity index (χ0n) is 12.2. The molecule has 2 rings (SSSR count). The Kier molecular flexibility index (Phi) is 5.56. The van der Waals surface area contributed by atoms with Crippen LogP contribution in [0.1, 0.15) is 31.0 Å². The van der Waals surface area contributed by atoms with Gasteiger partial charge in [0.15, 0.2) is 0 Å². The van der Waals surface area contributed by atoms with Crippen molar-refractivity contribution in [3.63, 3.8) is 0 Å². The van der Waals surface area contributed by atoms with Gasteiger partial charge in [0.1, 0.15) is 6.33 Å². The molecule has 1 aromatic heterocycles. The van der Waals surface area contributed by atoms with Crippen LogP contribution in [0.5, 0.6) is 0 Å². The Morgan fingerprint density at radius 3 is 2.50 bits per heavy atom. The zero-order chi connectivity index (χ0) is 14.4. The molecule has 20 heavy (non-hydrogen) atoms. The molecule has 0 amide bonds. The summed E-state index contributed by atoms with van der Waals surface area (Å²) in [6, 6.07) is 11.1. The number of hydrogen-bond donors (Lipinski definition) is 1. The van der Waals surface area contributed by atoms with Crippen LogP contribution in [0.4, 0.5) is 0 Å². The van der Waals surface area contributed by atoms with Crippen LogP contribution in [0.2, 0.25) is 0 Å². The minimum absolute atomic E-state index is 0.306. The molecule has 4 heteroatoms. The van der Waals surface area contributed by atoms with Gasteiger partial charge in [-0.2, -0.15) is 0 Å². The lowest BCUT2D eigenvalue weighted by Crippen LogP contribution is -2.25. The fraction of sp³-hybridized carbons (Fsp3) is 0.375. The second-order valence-electron chi connectivity index (χ2n) is 4.73. The third kappa shape index (κ3) is 3.81. The summed E-state index contributed by atoms with van der Waals surface area (Å²) in [5.41, 5.74) is 2.69. The van der Waals surface area contributed by atoms with Crippen LogP contribution in [0.15, 0.2) is 47.9 Å². The van der Waals surface area contributed by atoms with Gasteiger partial charge in [-0.05, 0) is 30.7 Å². The van der Waals surface area contributed by atoms with Crippen molar-refractivity contribution in [1.29, 1.82) is 0 Å². The summed E-state index contributed by atoms with van der Waals surface area (Å²) in [7, 11) is 2.01. The summed E-state index contributed by atoms with van der Waals surface area (Å²) < 4.78 is 0. The molecule has 106 valence electrons. The Hall–Kier alpha value is -1.39. The number of nitrogens with zero attached hydrogens (tertiary/aromatic N) is 2. The standard InChI is InChI=1S/C16H21N3S/c1-4-13-5-7-14(8-6-13)16(17-3)12(2)20-15-9-10-18-11-19-15/h5-12,16-17H,4H2,1-3H3. The van der Waals surface area contributed by atoms with Gasteiger partial charge in [-0.25, -0.2) is 9.97 Å². The van der Waals surface area contributed by atoms with E-state index >= 15 is 0 Å². The maximum Gasteiger partial charge on any atom is 0.116 e. The molecule has 0 saturated heterocycles. The molecule has 0 spiro atoms. The molecule has 1 aromatic carbocycles. The summed E-state index contributed by atoms with van der Waals surface area (Å²) in [6.07, 6.45) is 4.46. The van der Waals surface area contributed by atoms with E-state index in [-0.39, 0.29) is 0 Å². The van der Waals surface area contributed by atoms with E-state index in [1.165, 1.54) is 11.1 Å². The van der Waals surface area contributed by atoms with E-state index < -0.39 is 0 Å². The van der Waals surface area contributed by atoms with Crippen molar-refractivity contribution in [3.8, 4) is 0 Å². The van der Waals surface area contributed by atoms with E-state index in [4.69, 9.17) is 0 Å². The number of benzene rings is 1. The molecular weight excluding hydrogens is 266 g/mol. The number of aromatic nitrogens is 2. The zero-order valence-corrected chi connectivity index (χ0v) is 13.0. The van der Waals surface area contributed by atoms with Crippen LogP contribution >= 0.6 is 11.8 Å². The minimum atomic E-state index is 0.306. The van der Waals surface area contributed by atoms with Crippen LogP contribution in [-0.2, 0) is 6.42 Å². The monoisotopic (exact) mass is 287 g/mol. The Bertz CT molecular complexity index is 513. The first kappa shape index (κ1) is 15.0. The van der Waals surface area contributed by atoms with Gasteiger partial charge in [-0.3, -0.25) is 0 Å². The maximum atomic E-state index is 4.28. The van der Waals surface area contributed by atoms with E-state index in [0.717, 1.165) is 11.4 Å². The Balaban J connectivity index is 2.10. The maximum absolute atomic E-state index is 4.28. The highest BCUT2D eigenvalue weighted by molar-refractivity contribution is 7.99. The van der Waals surface area contributed by atoms with Gasteiger partial charge in [-0.1, -0.05) is 38.1 Å². The summed E-state index contributed by atoms with van der Waals surface area (Å²) >= 11 is 1.77. The van der Waals surface area contributed by atoms with Crippen LogP contribution in [-0.4, -0.2) is 22.3 Å². The largest absolute Gasteiger partial charge is 0.312 e. The third-order valence-corrected chi connectivity index (χ3v) is 4.52. The van der Waals surface area contributed by atoms with E-state index in [1.54, 1.807) is 24.3 Å². The van der Waals surface area contributed by atoms with Gasteiger partial charge in [0.05, 0.1) is 5.03 Å². The molecule has 0 aliphatic heterocycles. The Labute approximate surface area is 125 Å². The number of aryl methyl sites for hydroxylation is 1. The van der Waals surface area contributed by atoms with Crippen molar-refractivity contribution in [2.75, 3.05) is 7.05 Å². The van der Waals surface area contributed by atoms with E-state index in [9.17, 15) is 0 Å². The molecule has 3 nitrogen and oxygen atoms in total. The van der Waals surface area contributed by atoms with Gasteiger partial charge in [0, 0.05) is 17.5 Å². The molecular formula is C16H21N3S. The number of rotatable bonds is 6. The molecule has 0 aliphatic rings. The van der Waals surface area contributed by atoms with Crippen molar-refractivity contribution < 1.29 is 0 Å². The van der Waals surface area contributed by atoms with Gasteiger partial charge in [0.2, 0.25) is 0 Å². The minimum Gasteiger partial charge on any atom is -0.312 e. The first-order chi connectivity index (χ1) is 9.74. The highest BCUT2D eigenvalue weighted by Crippen LogP contribution is 2.30. The van der Waals surface area contributed by atoms with Crippen LogP contribution in [0, 0.1) is 0 Å². The van der Waals surface area contributed by atoms with E-state index in [1.807, 2.05) is 13.1 Å². The lowest BCUT2D eigenvalue weighted by Gasteiger charge is -2.23. The molecule has 0 bridgehead atoms. The van der Waals surface area contributed by atoms with E-state index in [0.29, 0.717) is 11.3 Å². The quantitative estimate of drug-likeness (QED) is 0.652. The molecule has 0 saturated carbocycles. The molecule has 0 aliphatic carbocycles. The van der Waals surface area contributed by atoms with Crippen LogP contribution < -0.4 is 5.32 Å². The molecule has 0 fully saturated rings. The first-order valence-electron chi connectivity index (χ1n) is 6.93. The lowest BCUT2D eigenvalue weighted by molar-refractivity contribution is 0.588. The topological polar surface area (TPSA) is 37.8 Å². The summed E-state index contributed by atoms with van der Waals surface area (Å²) in [6.45, 7) is 4.40. The second-order valence-corrected chi connectivity index (χ2v) is 6.13. The predicted molar refractivity (Wildman–Crippen MR) is 85.0 cm³/mol. The number of nitrogens with one attached hydrogen (secondary N) is 1. The highest BCUT2D eigenvalue weighted by Gasteiger charge is 2.19. The summed E-state index contributed by atoms with van der Waals surface area (Å²) in [5.74, 6) is 0. The Morgan fingerprint density at radius 2 is 1.95 bits per heavy atom. The second kappa shape index (κ2) is 7.41. The van der Waals surface area contributed by atoms with Gasteiger partial charge in [0.25, 0.3) is 0 Å². The average Bonchev–Trinajstić information content (AvgIpc) is 2.49. The normalized spacial score (nSPS) is 13.9. The van der Waals surface area contributed by atoms with Crippen molar-refractivity contribution in [2.45, 2.75) is 36.6 Å². The summed E-state index contributed by atoms with van der Waals surface area (Å²) in [5, 5.41) is 4.81. The number of thioether (sulfide) groups is 1. The molecule has 2 unspecified atom stereocenters. The molecule has 0 radical (unpaired) electrons. The first-order valence-corrected chi connectivity index (χ1v) is 7.81.